The van der Waals surface area contributed by atoms with Crippen molar-refractivity contribution in [1.29, 1.82) is 0 Å². The van der Waals surface area contributed by atoms with Gasteiger partial charge in [-0.3, -0.25) is 4.79 Å². The highest BCUT2D eigenvalue weighted by Crippen LogP contribution is 2.43. The third kappa shape index (κ3) is 6.53. The summed E-state index contributed by atoms with van der Waals surface area (Å²) in [5, 5.41) is 0. The number of hydrogen-bond donors (Lipinski definition) is 0. The molecule has 0 aliphatic heterocycles. The molecule has 2 aliphatic carbocycles. The molecule has 0 bridgehead atoms. The van der Waals surface area contributed by atoms with Crippen LogP contribution in [0.3, 0.4) is 0 Å². The number of ether oxygens (including phenoxy) is 1. The summed E-state index contributed by atoms with van der Waals surface area (Å²) in [5.41, 5.74) is 2.69. The molecule has 0 heterocycles. The number of unbranched alkanes of at least 4 members (excludes halogenated alkanes) is 2. The van der Waals surface area contributed by atoms with Crippen LogP contribution in [0.25, 0.3) is 11.1 Å². The highest BCUT2D eigenvalue weighted by atomic mass is 16.5. The van der Waals surface area contributed by atoms with E-state index in [-0.39, 0.29) is 11.3 Å². The van der Waals surface area contributed by atoms with Crippen molar-refractivity contribution in [2.24, 2.45) is 0 Å². The minimum atomic E-state index is 0. The number of ketones is 1. The Morgan fingerprint density at radius 2 is 2.00 bits per heavy atom. The van der Waals surface area contributed by atoms with Gasteiger partial charge in [0.2, 0.25) is 0 Å². The lowest BCUT2D eigenvalue weighted by atomic mass is 10.2. The van der Waals surface area contributed by atoms with E-state index in [0.717, 1.165) is 18.8 Å². The average molecular weight is 278 g/mol. The van der Waals surface area contributed by atoms with Gasteiger partial charge in [0.15, 0.2) is 5.78 Å². The maximum absolute atomic E-state index is 10.3. The van der Waals surface area contributed by atoms with Crippen LogP contribution in [0.2, 0.25) is 0 Å². The van der Waals surface area contributed by atoms with Gasteiger partial charge in [-0.1, -0.05) is 39.3 Å². The third-order valence-electron chi connectivity index (χ3n) is 2.94. The number of allylic oxidation sites excluding steroid dienone is 1. The van der Waals surface area contributed by atoms with E-state index in [1.165, 1.54) is 36.5 Å². The first kappa shape index (κ1) is 18.4. The van der Waals surface area contributed by atoms with Crippen molar-refractivity contribution in [3.8, 4) is 16.9 Å². The molecule has 0 aromatic heterocycles. The summed E-state index contributed by atoms with van der Waals surface area (Å²) in [6, 6.07) is 6.34. The van der Waals surface area contributed by atoms with Gasteiger partial charge in [0, 0.05) is 12.0 Å². The van der Waals surface area contributed by atoms with Crippen LogP contribution in [0.5, 0.6) is 5.75 Å². The second-order valence-corrected chi connectivity index (χ2v) is 4.69. The summed E-state index contributed by atoms with van der Waals surface area (Å²) in [6.07, 6.45) is 6.63. The molecule has 112 valence electrons. The van der Waals surface area contributed by atoms with Crippen molar-refractivity contribution in [1.82, 2.24) is 0 Å². The van der Waals surface area contributed by atoms with E-state index in [0.29, 0.717) is 6.42 Å². The first-order valence-corrected chi connectivity index (χ1v) is 7.15. The number of carbonyl (C=O) groups excluding carboxylic acids is 1. The minimum Gasteiger partial charge on any atom is -0.493 e. The molecule has 0 saturated carbocycles. The first-order valence-electron chi connectivity index (χ1n) is 7.15. The predicted molar refractivity (Wildman–Crippen MR) is 84.2 cm³/mol. The van der Waals surface area contributed by atoms with Crippen molar-refractivity contribution >= 4 is 5.78 Å². The second kappa shape index (κ2) is 10.2. The van der Waals surface area contributed by atoms with Crippen molar-refractivity contribution in [3.05, 3.63) is 30.9 Å². The Bertz CT molecular complexity index is 424. The van der Waals surface area contributed by atoms with Crippen LogP contribution in [0.4, 0.5) is 0 Å². The highest BCUT2D eigenvalue weighted by molar-refractivity contribution is 5.88. The van der Waals surface area contributed by atoms with Crippen LogP contribution in [-0.4, -0.2) is 17.9 Å². The van der Waals surface area contributed by atoms with Crippen molar-refractivity contribution < 1.29 is 15.0 Å². The molecule has 0 radical (unpaired) electrons. The van der Waals surface area contributed by atoms with Gasteiger partial charge in [-0.25, -0.2) is 0 Å². The lowest BCUT2D eigenvalue weighted by molar-refractivity contribution is -0.114. The van der Waals surface area contributed by atoms with E-state index in [9.17, 15) is 4.79 Å². The zero-order valence-corrected chi connectivity index (χ0v) is 12.6. The molecule has 0 saturated heterocycles. The Balaban J connectivity index is 0.000000396. The topological polar surface area (TPSA) is 57.8 Å². The fraction of sp³-hybridized carbons (Fsp3) is 0.471. The van der Waals surface area contributed by atoms with E-state index in [2.05, 4.69) is 31.7 Å². The van der Waals surface area contributed by atoms with Gasteiger partial charge in [-0.2, -0.15) is 0 Å². The maximum atomic E-state index is 10.3. The Labute approximate surface area is 122 Å². The summed E-state index contributed by atoms with van der Waals surface area (Å²) in [4.78, 5) is 10.3. The number of fused-ring (bicyclic) bond motifs is 1. The number of carbonyl (C=O) groups is 1. The van der Waals surface area contributed by atoms with Crippen LogP contribution >= 0.6 is 0 Å². The van der Waals surface area contributed by atoms with E-state index in [1.807, 2.05) is 6.92 Å². The van der Waals surface area contributed by atoms with Crippen LogP contribution in [0.1, 0.15) is 46.0 Å². The monoisotopic (exact) mass is 278 g/mol. The smallest absolute Gasteiger partial charge is 0.155 e. The lowest BCUT2D eigenvalue weighted by Gasteiger charge is -2.02. The van der Waals surface area contributed by atoms with Gasteiger partial charge in [0.1, 0.15) is 5.75 Å². The summed E-state index contributed by atoms with van der Waals surface area (Å²) < 4.78 is 5.60. The molecule has 2 N–H and O–H groups in total. The zero-order chi connectivity index (χ0) is 14.1. The molecule has 0 atom stereocenters. The molecular weight excluding hydrogens is 252 g/mol. The molecule has 0 unspecified atom stereocenters. The number of hydrogen-bond acceptors (Lipinski definition) is 2. The molecular formula is C17H26O3. The standard InChI is InChI=1S/C11H14O.C6H10O.H2O/c1-2-3-4-7-12-11-6-5-9-8-10(9)11;1-3-5-6(7)4-2;/h5-6,8H,2-4,7H2,1H3;4H,2-3,5H2,1H3;1H2. The van der Waals surface area contributed by atoms with Gasteiger partial charge < -0.3 is 10.2 Å². The van der Waals surface area contributed by atoms with Crippen LogP contribution < -0.4 is 4.74 Å². The van der Waals surface area contributed by atoms with E-state index in [1.54, 1.807) is 0 Å². The summed E-state index contributed by atoms with van der Waals surface area (Å²) >= 11 is 0. The van der Waals surface area contributed by atoms with E-state index >= 15 is 0 Å². The first-order chi connectivity index (χ1) is 9.22. The molecule has 0 aromatic rings. The zero-order valence-electron chi connectivity index (χ0n) is 12.6. The van der Waals surface area contributed by atoms with E-state index in [4.69, 9.17) is 4.74 Å². The lowest BCUT2D eigenvalue weighted by Crippen LogP contribution is -1.95. The molecule has 3 nitrogen and oxygen atoms in total. The second-order valence-electron chi connectivity index (χ2n) is 4.69. The number of rotatable bonds is 8. The molecule has 0 fully saturated rings. The normalized spacial score (nSPS) is 9.70. The van der Waals surface area contributed by atoms with Gasteiger partial charge in [-0.05, 0) is 36.6 Å². The minimum absolute atomic E-state index is 0. The molecule has 0 amide bonds. The van der Waals surface area contributed by atoms with Crippen molar-refractivity contribution in [2.75, 3.05) is 6.61 Å². The quantitative estimate of drug-likeness (QED) is 0.542. The highest BCUT2D eigenvalue weighted by Gasteiger charge is 2.17. The van der Waals surface area contributed by atoms with Gasteiger partial charge >= 0.3 is 0 Å². The Morgan fingerprint density at radius 1 is 1.25 bits per heavy atom. The number of benzene rings is 1. The Morgan fingerprint density at radius 3 is 2.40 bits per heavy atom. The fourth-order valence-corrected chi connectivity index (χ4v) is 1.73. The Hall–Kier alpha value is -1.61. The predicted octanol–water partition coefficient (Wildman–Crippen LogP) is 3.95. The summed E-state index contributed by atoms with van der Waals surface area (Å²) in [7, 11) is 0. The van der Waals surface area contributed by atoms with Crippen LogP contribution in [0, 0.1) is 0 Å². The van der Waals surface area contributed by atoms with Crippen molar-refractivity contribution in [2.45, 2.75) is 46.0 Å². The van der Waals surface area contributed by atoms with Gasteiger partial charge in [-0.15, -0.1) is 0 Å². The van der Waals surface area contributed by atoms with Gasteiger partial charge in [0.25, 0.3) is 0 Å². The molecule has 2 aliphatic rings. The van der Waals surface area contributed by atoms with E-state index < -0.39 is 0 Å². The SMILES string of the molecule is C=CC(=O)CCC.CCCCCOc1ccc2cc1-2.O. The molecule has 0 aromatic carbocycles. The molecule has 20 heavy (non-hydrogen) atoms. The Kier molecular flexibility index (Phi) is 9.39. The fourth-order valence-electron chi connectivity index (χ4n) is 1.73. The van der Waals surface area contributed by atoms with Crippen LogP contribution in [-0.2, 0) is 4.79 Å². The van der Waals surface area contributed by atoms with Crippen molar-refractivity contribution in [3.63, 3.8) is 0 Å². The third-order valence-corrected chi connectivity index (χ3v) is 2.94. The molecule has 2 rings (SSSR count). The average Bonchev–Trinajstić information content (AvgIpc) is 3.10. The van der Waals surface area contributed by atoms with Crippen LogP contribution in [0.15, 0.2) is 30.9 Å². The molecule has 3 heteroatoms. The summed E-state index contributed by atoms with van der Waals surface area (Å²) in [5.74, 6) is 1.23. The summed E-state index contributed by atoms with van der Waals surface area (Å²) in [6.45, 7) is 8.38. The van der Waals surface area contributed by atoms with Gasteiger partial charge in [0.05, 0.1) is 6.61 Å². The maximum Gasteiger partial charge on any atom is 0.155 e. The largest absolute Gasteiger partial charge is 0.493 e. The molecule has 0 spiro atoms.